The Labute approximate surface area is 387 Å². The van der Waals surface area contributed by atoms with Gasteiger partial charge in [-0.25, -0.2) is 0 Å². The van der Waals surface area contributed by atoms with Crippen molar-refractivity contribution in [1.29, 1.82) is 0 Å². The molecular weight excluding hydrogens is 902 g/mol. The summed E-state index contributed by atoms with van der Waals surface area (Å²) in [5.74, 6) is 0.479. The SMILES string of the molecule is CCCCCCCCC(O)CSP(=S)(OCC(CCCCCCCC)SP(=S)(OC(C)C)OC(C)C)OCC(CCCCCCCC)SP(=S)(OC(C)C)OC(C)C. The molecule has 0 bridgehead atoms. The van der Waals surface area contributed by atoms with Crippen molar-refractivity contribution in [2.24, 2.45) is 0 Å². The predicted octanol–water partition coefficient (Wildman–Crippen LogP) is 16.9. The molecule has 0 heterocycles. The molecule has 0 rings (SSSR count). The van der Waals surface area contributed by atoms with E-state index in [0.29, 0.717) is 19.0 Å². The van der Waals surface area contributed by atoms with E-state index in [1.165, 1.54) is 101 Å². The van der Waals surface area contributed by atoms with Gasteiger partial charge in [0.05, 0.1) is 43.7 Å². The van der Waals surface area contributed by atoms with E-state index in [4.69, 9.17) is 62.6 Å². The molecule has 3 atom stereocenters. The lowest BCUT2D eigenvalue weighted by Gasteiger charge is -2.32. The van der Waals surface area contributed by atoms with Gasteiger partial charge in [0.2, 0.25) is 17.1 Å². The number of unbranched alkanes of at least 4 members (excludes halogenated alkanes) is 15. The zero-order valence-corrected chi connectivity index (χ0v) is 46.3. The van der Waals surface area contributed by atoms with E-state index in [2.05, 4.69) is 20.8 Å². The highest BCUT2D eigenvalue weighted by Gasteiger charge is 2.33. The lowest BCUT2D eigenvalue weighted by molar-refractivity contribution is 0.184. The van der Waals surface area contributed by atoms with Crippen LogP contribution < -0.4 is 0 Å². The Morgan fingerprint density at radius 3 is 1.03 bits per heavy atom. The van der Waals surface area contributed by atoms with Gasteiger partial charge in [-0.15, -0.1) is 0 Å². The molecule has 58 heavy (non-hydrogen) atoms. The van der Waals surface area contributed by atoms with Gasteiger partial charge in [-0.2, -0.15) is 0 Å². The van der Waals surface area contributed by atoms with Crippen molar-refractivity contribution < 1.29 is 32.2 Å². The van der Waals surface area contributed by atoms with Gasteiger partial charge in [-0.3, -0.25) is 0 Å². The summed E-state index contributed by atoms with van der Waals surface area (Å²) >= 11 is 23.5. The lowest BCUT2D eigenvalue weighted by Crippen LogP contribution is -2.17. The number of hydrogen-bond donors (Lipinski definition) is 1. The first-order valence-corrected chi connectivity index (χ1v) is 35.4. The van der Waals surface area contributed by atoms with Crippen LogP contribution in [0.25, 0.3) is 0 Å². The number of rotatable bonds is 42. The van der Waals surface area contributed by atoms with Gasteiger partial charge in [-0.05, 0) is 110 Å². The van der Waals surface area contributed by atoms with Gasteiger partial charge < -0.3 is 32.2 Å². The molecule has 0 aliphatic heterocycles. The van der Waals surface area contributed by atoms with Crippen LogP contribution in [0.1, 0.15) is 211 Å². The fraction of sp³-hybridized carbons (Fsp3) is 1.00. The minimum atomic E-state index is -2.93. The van der Waals surface area contributed by atoms with Crippen LogP contribution in [0.2, 0.25) is 0 Å². The lowest BCUT2D eigenvalue weighted by atomic mass is 10.1. The molecule has 0 aromatic carbocycles. The molecule has 0 spiro atoms. The van der Waals surface area contributed by atoms with Crippen LogP contribution in [0, 0.1) is 0 Å². The van der Waals surface area contributed by atoms with Crippen molar-refractivity contribution in [2.45, 2.75) is 252 Å². The monoisotopic (exact) mass is 990 g/mol. The van der Waals surface area contributed by atoms with Crippen molar-refractivity contribution >= 4 is 86.6 Å². The maximum atomic E-state index is 11.2. The molecular formula is C42H89O7P3S6. The van der Waals surface area contributed by atoms with Crippen LogP contribution in [-0.2, 0) is 62.6 Å². The molecule has 0 fully saturated rings. The fourth-order valence-corrected chi connectivity index (χ4v) is 24.5. The molecule has 1 N–H and O–H groups in total. The minimum absolute atomic E-state index is 0.0347. The number of aliphatic hydroxyl groups is 1. The van der Waals surface area contributed by atoms with E-state index in [-0.39, 0.29) is 34.9 Å². The summed E-state index contributed by atoms with van der Waals surface area (Å²) in [6.07, 6.45) is 23.5. The van der Waals surface area contributed by atoms with Crippen molar-refractivity contribution in [3.8, 4) is 0 Å². The van der Waals surface area contributed by atoms with Crippen LogP contribution in [0.4, 0.5) is 0 Å². The van der Waals surface area contributed by atoms with E-state index in [1.54, 1.807) is 22.8 Å². The summed E-state index contributed by atoms with van der Waals surface area (Å²) in [6.45, 7) is 23.7. The first-order chi connectivity index (χ1) is 27.4. The quantitative estimate of drug-likeness (QED) is 0.0466. The third-order valence-electron chi connectivity index (χ3n) is 8.83. The standard InChI is InChI=1S/C42H89O7P3S6/c1-12-15-18-21-24-27-30-40(43)35-56-50(53,44-33-41(31-28-25-22-19-16-13-2)57-51(54,46-36(4)5)47-37(6)7)45-34-42(32-29-26-23-20-17-14-3)58-52(55,48-38(8)9)49-39(10)11/h36-43H,12-35H2,1-11H3. The first-order valence-electron chi connectivity index (χ1n) is 22.9. The summed E-state index contributed by atoms with van der Waals surface area (Å²) in [7, 11) is 0. The molecule has 3 unspecified atom stereocenters. The Kier molecular flexibility index (Phi) is 38.6. The van der Waals surface area contributed by atoms with E-state index in [0.717, 1.165) is 44.9 Å². The highest BCUT2D eigenvalue weighted by atomic mass is 32.9. The summed E-state index contributed by atoms with van der Waals surface area (Å²) in [5.41, 5.74) is -8.27. The fourth-order valence-electron chi connectivity index (χ4n) is 6.07. The molecule has 0 saturated carbocycles. The largest absolute Gasteiger partial charge is 0.392 e. The number of aliphatic hydroxyl groups excluding tert-OH is 1. The Morgan fingerprint density at radius 1 is 0.431 bits per heavy atom. The van der Waals surface area contributed by atoms with Gasteiger partial charge >= 0.3 is 0 Å². The van der Waals surface area contributed by atoms with E-state index in [1.807, 2.05) is 55.4 Å². The van der Waals surface area contributed by atoms with Gasteiger partial charge in [0, 0.05) is 16.3 Å². The zero-order chi connectivity index (χ0) is 43.9. The zero-order valence-electron chi connectivity index (χ0n) is 38.7. The van der Waals surface area contributed by atoms with E-state index in [9.17, 15) is 5.11 Å². The third kappa shape index (κ3) is 35.0. The van der Waals surface area contributed by atoms with Crippen molar-refractivity contribution in [2.75, 3.05) is 19.0 Å². The van der Waals surface area contributed by atoms with Crippen LogP contribution in [0.15, 0.2) is 0 Å². The second kappa shape index (κ2) is 36.9. The first kappa shape index (κ1) is 60.7. The molecule has 0 aromatic rings. The average Bonchev–Trinajstić information content (AvgIpc) is 3.11. The highest BCUT2D eigenvalue weighted by molar-refractivity contribution is 8.69. The average molecular weight is 991 g/mol. The molecule has 0 aliphatic rings. The molecule has 0 radical (unpaired) electrons. The number of hydrogen-bond acceptors (Lipinski definition) is 13. The summed E-state index contributed by atoms with van der Waals surface area (Å²) < 4.78 is 39.1. The van der Waals surface area contributed by atoms with Crippen LogP contribution in [0.3, 0.4) is 0 Å². The molecule has 0 aliphatic carbocycles. The molecule has 0 saturated heterocycles. The second-order valence-electron chi connectivity index (χ2n) is 16.6. The molecule has 16 heteroatoms. The topological polar surface area (TPSA) is 75.6 Å². The van der Waals surface area contributed by atoms with E-state index < -0.39 is 23.2 Å². The minimum Gasteiger partial charge on any atom is -0.392 e. The van der Waals surface area contributed by atoms with Gasteiger partial charge in [-0.1, -0.05) is 170 Å². The predicted molar refractivity (Wildman–Crippen MR) is 275 cm³/mol. The van der Waals surface area contributed by atoms with Crippen molar-refractivity contribution in [1.82, 2.24) is 0 Å². The van der Waals surface area contributed by atoms with E-state index >= 15 is 0 Å². The van der Waals surface area contributed by atoms with Crippen LogP contribution >= 0.6 is 51.2 Å². The van der Waals surface area contributed by atoms with Gasteiger partial charge in [0.25, 0.3) is 0 Å². The highest BCUT2D eigenvalue weighted by Crippen LogP contribution is 2.68. The summed E-state index contributed by atoms with van der Waals surface area (Å²) in [4.78, 5) is 0. The van der Waals surface area contributed by atoms with Crippen LogP contribution in [-0.4, -0.2) is 65.1 Å². The van der Waals surface area contributed by atoms with Gasteiger partial charge in [0.1, 0.15) is 0 Å². The summed E-state index contributed by atoms with van der Waals surface area (Å²) in [5, 5.41) is 11.2. The molecule has 0 aromatic heterocycles. The van der Waals surface area contributed by atoms with Gasteiger partial charge in [0.15, 0.2) is 0 Å². The molecule has 7 nitrogen and oxygen atoms in total. The van der Waals surface area contributed by atoms with Crippen LogP contribution in [0.5, 0.6) is 0 Å². The Bertz CT molecular complexity index is 1030. The normalized spacial score (nSPS) is 15.5. The smallest absolute Gasteiger partial charge is 0.248 e. The maximum Gasteiger partial charge on any atom is 0.248 e. The van der Waals surface area contributed by atoms with Crippen molar-refractivity contribution in [3.63, 3.8) is 0 Å². The second-order valence-corrected chi connectivity index (χ2v) is 35.8. The Balaban J connectivity index is 6.41. The maximum absolute atomic E-state index is 11.2. The van der Waals surface area contributed by atoms with Crippen molar-refractivity contribution in [3.05, 3.63) is 0 Å². The Morgan fingerprint density at radius 2 is 0.724 bits per heavy atom. The molecule has 350 valence electrons. The summed E-state index contributed by atoms with van der Waals surface area (Å²) in [6, 6.07) is 0. The molecule has 0 amide bonds. The Hall–Kier alpha value is 2.72. The third-order valence-corrected chi connectivity index (χ3v) is 25.7.